The summed E-state index contributed by atoms with van der Waals surface area (Å²) in [5.41, 5.74) is 1.23. The first kappa shape index (κ1) is 23.0. The highest BCUT2D eigenvalue weighted by atomic mass is 16.4. The van der Waals surface area contributed by atoms with Crippen LogP contribution in [0.5, 0.6) is 0 Å². The normalized spacial score (nSPS) is 28.6. The molecule has 184 valence electrons. The van der Waals surface area contributed by atoms with E-state index < -0.39 is 5.60 Å². The van der Waals surface area contributed by atoms with Crippen molar-refractivity contribution >= 4 is 0 Å². The number of nitrogens with zero attached hydrogens (tertiary/aromatic N) is 2. The van der Waals surface area contributed by atoms with Crippen molar-refractivity contribution in [3.63, 3.8) is 0 Å². The van der Waals surface area contributed by atoms with Crippen LogP contribution in [-0.2, 0) is 18.6 Å². The molecule has 4 nitrogen and oxygen atoms in total. The highest BCUT2D eigenvalue weighted by molar-refractivity contribution is 5.30. The number of hydrogen-bond acceptors (Lipinski definition) is 3. The molecule has 3 saturated heterocycles. The molecule has 2 atom stereocenters. The second-order valence-corrected chi connectivity index (χ2v) is 11.5. The average Bonchev–Trinajstić information content (AvgIpc) is 3.39. The molecular formula is C31H39N2O2+. The molecule has 2 aromatic carbocycles. The molecule has 7 rings (SSSR count). The van der Waals surface area contributed by atoms with Crippen molar-refractivity contribution in [1.82, 2.24) is 4.98 Å². The van der Waals surface area contributed by atoms with Gasteiger partial charge < -0.3 is 14.0 Å². The van der Waals surface area contributed by atoms with Gasteiger partial charge in [0.15, 0.2) is 11.4 Å². The largest absolute Gasteiger partial charge is 0.436 e. The van der Waals surface area contributed by atoms with E-state index in [2.05, 4.69) is 30.3 Å². The van der Waals surface area contributed by atoms with Crippen molar-refractivity contribution in [3.8, 4) is 0 Å². The van der Waals surface area contributed by atoms with Crippen LogP contribution in [0, 0.1) is 17.8 Å². The molecular weight excluding hydrogens is 432 g/mol. The van der Waals surface area contributed by atoms with Crippen molar-refractivity contribution in [1.29, 1.82) is 0 Å². The molecule has 4 heterocycles. The predicted molar refractivity (Wildman–Crippen MR) is 137 cm³/mol. The van der Waals surface area contributed by atoms with Crippen molar-refractivity contribution in [3.05, 3.63) is 89.6 Å². The van der Waals surface area contributed by atoms with Gasteiger partial charge in [-0.25, -0.2) is 4.98 Å². The first-order chi connectivity index (χ1) is 17.1. The average molecular weight is 472 g/mol. The van der Waals surface area contributed by atoms with E-state index in [1.54, 1.807) is 0 Å². The molecule has 4 fully saturated rings. The lowest BCUT2D eigenvalue weighted by Gasteiger charge is -2.52. The Hall–Kier alpha value is -2.43. The van der Waals surface area contributed by atoms with Gasteiger partial charge in [0.2, 0.25) is 5.89 Å². The number of aliphatic hydroxyl groups is 1. The topological polar surface area (TPSA) is 46.3 Å². The molecule has 1 saturated carbocycles. The molecule has 1 aliphatic carbocycles. The van der Waals surface area contributed by atoms with E-state index in [1.807, 2.05) is 36.5 Å². The third-order valence-corrected chi connectivity index (χ3v) is 9.36. The summed E-state index contributed by atoms with van der Waals surface area (Å²) in [5.74, 6) is 3.18. The van der Waals surface area contributed by atoms with E-state index in [1.165, 1.54) is 50.9 Å². The fourth-order valence-electron chi connectivity index (χ4n) is 7.44. The molecule has 1 unspecified atom stereocenters. The molecule has 35 heavy (non-hydrogen) atoms. The standard InChI is InChI=1S/C31H39N2O2/c34-31(27-12-6-2-7-13-27,28-14-8-3-9-15-28)30-32-21-29(35-30)23-33-18-16-25(17-19-33)26(22-33)20-24-10-4-1-5-11-24/h1-2,4-7,10-13,21,25-26,28,34H,3,8-9,14-20,22-23H2/q+1/t25?,26?,31-,33?/m0/s1. The van der Waals surface area contributed by atoms with Crippen LogP contribution in [0.4, 0.5) is 0 Å². The Morgan fingerprint density at radius 2 is 1.57 bits per heavy atom. The van der Waals surface area contributed by atoms with Crippen LogP contribution < -0.4 is 0 Å². The smallest absolute Gasteiger partial charge is 0.231 e. The lowest BCUT2D eigenvalue weighted by Crippen LogP contribution is -2.61. The van der Waals surface area contributed by atoms with Gasteiger partial charge in [0.1, 0.15) is 6.54 Å². The van der Waals surface area contributed by atoms with Crippen molar-refractivity contribution in [2.24, 2.45) is 17.8 Å². The fraction of sp³-hybridized carbons (Fsp3) is 0.516. The Kier molecular flexibility index (Phi) is 6.28. The van der Waals surface area contributed by atoms with Crippen LogP contribution in [0.25, 0.3) is 0 Å². The molecule has 2 bridgehead atoms. The Bertz CT molecular complexity index is 1100. The Balaban J connectivity index is 1.24. The van der Waals surface area contributed by atoms with E-state index in [0.717, 1.165) is 59.9 Å². The molecule has 1 aromatic heterocycles. The molecule has 0 amide bonds. The van der Waals surface area contributed by atoms with Gasteiger partial charge in [-0.05, 0) is 36.3 Å². The summed E-state index contributed by atoms with van der Waals surface area (Å²) < 4.78 is 7.59. The van der Waals surface area contributed by atoms with Crippen molar-refractivity contribution in [2.45, 2.75) is 63.5 Å². The summed E-state index contributed by atoms with van der Waals surface area (Å²) in [7, 11) is 0. The quantitative estimate of drug-likeness (QED) is 0.424. The molecule has 4 aliphatic rings. The number of fused-ring (bicyclic) bond motifs is 3. The minimum atomic E-state index is -1.15. The number of hydrogen-bond donors (Lipinski definition) is 1. The molecule has 4 heteroatoms. The molecule has 0 radical (unpaired) electrons. The SMILES string of the molecule is O[C@](c1ccccc1)(c1ncc(C[N+]23CCC(CC2)C(Cc2ccccc2)C3)o1)C1CCCCC1. The van der Waals surface area contributed by atoms with E-state index in [4.69, 9.17) is 9.40 Å². The maximum atomic E-state index is 12.2. The second-order valence-electron chi connectivity index (χ2n) is 11.5. The van der Waals surface area contributed by atoms with E-state index >= 15 is 0 Å². The van der Waals surface area contributed by atoms with E-state index in [-0.39, 0.29) is 5.92 Å². The van der Waals surface area contributed by atoms with Crippen molar-refractivity contribution in [2.75, 3.05) is 19.6 Å². The summed E-state index contributed by atoms with van der Waals surface area (Å²) in [5, 5.41) is 12.2. The number of piperidine rings is 3. The predicted octanol–water partition coefficient (Wildman–Crippen LogP) is 6.09. The summed E-state index contributed by atoms with van der Waals surface area (Å²) in [6.45, 7) is 4.58. The van der Waals surface area contributed by atoms with Gasteiger partial charge in [-0.1, -0.05) is 79.9 Å². The van der Waals surface area contributed by atoms with Gasteiger partial charge in [0.05, 0.1) is 25.8 Å². The van der Waals surface area contributed by atoms with Gasteiger partial charge in [-0.2, -0.15) is 0 Å². The maximum absolute atomic E-state index is 12.2. The number of quaternary nitrogens is 1. The molecule has 0 spiro atoms. The minimum Gasteiger partial charge on any atom is -0.436 e. The van der Waals surface area contributed by atoms with Crippen LogP contribution in [0.1, 0.15) is 67.7 Å². The van der Waals surface area contributed by atoms with Gasteiger partial charge in [-0.15, -0.1) is 0 Å². The Morgan fingerprint density at radius 3 is 2.29 bits per heavy atom. The summed E-state index contributed by atoms with van der Waals surface area (Å²) in [6, 6.07) is 21.1. The van der Waals surface area contributed by atoms with Gasteiger partial charge in [-0.3, -0.25) is 0 Å². The van der Waals surface area contributed by atoms with Crippen molar-refractivity contribution < 1.29 is 14.0 Å². The van der Waals surface area contributed by atoms with E-state index in [0.29, 0.717) is 5.89 Å². The minimum absolute atomic E-state index is 0.151. The van der Waals surface area contributed by atoms with Crippen LogP contribution in [0.15, 0.2) is 71.3 Å². The lowest BCUT2D eigenvalue weighted by molar-refractivity contribution is -0.960. The van der Waals surface area contributed by atoms with Gasteiger partial charge in [0, 0.05) is 24.7 Å². The number of rotatable bonds is 7. The highest BCUT2D eigenvalue weighted by Crippen LogP contribution is 2.45. The summed E-state index contributed by atoms with van der Waals surface area (Å²) in [6.07, 6.45) is 11.3. The summed E-state index contributed by atoms with van der Waals surface area (Å²) >= 11 is 0. The monoisotopic (exact) mass is 471 g/mol. The van der Waals surface area contributed by atoms with E-state index in [9.17, 15) is 5.11 Å². The van der Waals surface area contributed by atoms with Gasteiger partial charge in [0.25, 0.3) is 0 Å². The third-order valence-electron chi connectivity index (χ3n) is 9.36. The molecule has 1 N–H and O–H groups in total. The van der Waals surface area contributed by atoms with Gasteiger partial charge >= 0.3 is 0 Å². The zero-order valence-electron chi connectivity index (χ0n) is 20.8. The number of aromatic nitrogens is 1. The second kappa shape index (κ2) is 9.55. The van der Waals surface area contributed by atoms with Crippen LogP contribution in [0.3, 0.4) is 0 Å². The fourth-order valence-corrected chi connectivity index (χ4v) is 7.44. The zero-order chi connectivity index (χ0) is 23.7. The summed E-state index contributed by atoms with van der Waals surface area (Å²) in [4.78, 5) is 4.74. The number of benzene rings is 2. The third kappa shape index (κ3) is 4.47. The van der Waals surface area contributed by atoms with Crippen LogP contribution in [0.2, 0.25) is 0 Å². The Labute approximate surface area is 209 Å². The first-order valence-corrected chi connectivity index (χ1v) is 13.8. The number of oxazole rings is 1. The highest BCUT2D eigenvalue weighted by Gasteiger charge is 2.48. The Morgan fingerprint density at radius 1 is 0.886 bits per heavy atom. The molecule has 3 aromatic rings. The first-order valence-electron chi connectivity index (χ1n) is 13.8. The lowest BCUT2D eigenvalue weighted by atomic mass is 9.73. The van der Waals surface area contributed by atoms with Crippen LogP contribution in [-0.4, -0.2) is 34.2 Å². The zero-order valence-corrected chi connectivity index (χ0v) is 20.8. The maximum Gasteiger partial charge on any atom is 0.231 e. The molecule has 3 aliphatic heterocycles. The van der Waals surface area contributed by atoms with Crippen LogP contribution >= 0.6 is 0 Å².